The summed E-state index contributed by atoms with van der Waals surface area (Å²) in [7, 11) is 0. The van der Waals surface area contributed by atoms with Crippen molar-refractivity contribution >= 4 is 18.5 Å². The van der Waals surface area contributed by atoms with Gasteiger partial charge in [-0.2, -0.15) is 0 Å². The number of rotatable bonds is 1. The average Bonchev–Trinajstić information content (AvgIpc) is 1.88. The van der Waals surface area contributed by atoms with Gasteiger partial charge in [0.1, 0.15) is 0 Å². The van der Waals surface area contributed by atoms with E-state index in [1.165, 1.54) is 24.3 Å². The van der Waals surface area contributed by atoms with Crippen molar-refractivity contribution in [2.45, 2.75) is 0 Å². The van der Waals surface area contributed by atoms with Crippen LogP contribution in [0.4, 0.5) is 0 Å². The number of benzene rings is 1. The fraction of sp³-hybridized carbons (Fsp3) is 0. The van der Waals surface area contributed by atoms with Gasteiger partial charge in [-0.05, 0) is 0 Å². The van der Waals surface area contributed by atoms with Crippen LogP contribution in [0, 0.1) is 6.07 Å². The van der Waals surface area contributed by atoms with Crippen LogP contribution >= 0.6 is 0 Å². The monoisotopic (exact) mass is 201 g/mol. The molecule has 0 aromatic heterocycles. The van der Waals surface area contributed by atoms with Crippen molar-refractivity contribution in [3.63, 3.8) is 0 Å². The molecule has 0 saturated heterocycles. The fourth-order valence-corrected chi connectivity index (χ4v) is 1.70. The minimum absolute atomic E-state index is 0.0943. The molecule has 0 spiro atoms. The van der Waals surface area contributed by atoms with E-state index in [1.807, 2.05) is 0 Å². The van der Waals surface area contributed by atoms with Crippen molar-refractivity contribution in [3.8, 4) is 0 Å². The van der Waals surface area contributed by atoms with E-state index in [0.717, 1.165) is 0 Å². The third-order valence-corrected chi connectivity index (χ3v) is 3.07. The van der Waals surface area contributed by atoms with E-state index in [4.69, 9.17) is 8.19 Å². The van der Waals surface area contributed by atoms with Crippen LogP contribution in [0.5, 0.6) is 0 Å². The van der Waals surface area contributed by atoms with Crippen LogP contribution in [-0.4, -0.2) is 22.4 Å². The van der Waals surface area contributed by atoms with Gasteiger partial charge in [-0.25, -0.2) is 0 Å². The van der Waals surface area contributed by atoms with Crippen LogP contribution < -0.4 is 4.35 Å². The van der Waals surface area contributed by atoms with Gasteiger partial charge in [-0.1, -0.05) is 0 Å². The Hall–Kier alpha value is -0.502. The van der Waals surface area contributed by atoms with Crippen molar-refractivity contribution in [1.29, 1.82) is 0 Å². The van der Waals surface area contributed by atoms with Crippen LogP contribution in [0.25, 0.3) is 0 Å². The molecular formula is C6H6AsO3. The second-order valence-electron chi connectivity index (χ2n) is 1.80. The predicted molar refractivity (Wildman–Crippen MR) is 35.8 cm³/mol. The molecule has 0 atom stereocenters. The van der Waals surface area contributed by atoms with Gasteiger partial charge < -0.3 is 0 Å². The van der Waals surface area contributed by atoms with Gasteiger partial charge in [0, 0.05) is 0 Å². The van der Waals surface area contributed by atoms with Crippen molar-refractivity contribution in [3.05, 3.63) is 30.3 Å². The summed E-state index contributed by atoms with van der Waals surface area (Å²) in [5.41, 5.74) is 0. The molecular weight excluding hydrogens is 195 g/mol. The molecule has 4 heteroatoms. The molecule has 1 radical (unpaired) electrons. The summed E-state index contributed by atoms with van der Waals surface area (Å²) in [5.74, 6) is 0. The van der Waals surface area contributed by atoms with E-state index in [1.54, 1.807) is 0 Å². The van der Waals surface area contributed by atoms with Gasteiger partial charge in [0.25, 0.3) is 0 Å². The summed E-state index contributed by atoms with van der Waals surface area (Å²) in [6, 6.07) is 8.39. The molecule has 0 saturated carbocycles. The Morgan fingerprint density at radius 3 is 2.10 bits per heavy atom. The Morgan fingerprint density at radius 2 is 1.80 bits per heavy atom. The molecule has 0 heterocycles. The zero-order valence-corrected chi connectivity index (χ0v) is 6.94. The normalized spacial score (nSPS) is 11.4. The molecule has 0 fully saturated rings. The fourth-order valence-electron chi connectivity index (χ4n) is 0.572. The van der Waals surface area contributed by atoms with Crippen LogP contribution in [-0.2, 0) is 3.74 Å². The molecule has 0 amide bonds. The minimum atomic E-state index is -4.62. The topological polar surface area (TPSA) is 57.5 Å². The third kappa shape index (κ3) is 1.74. The van der Waals surface area contributed by atoms with Gasteiger partial charge in [0.15, 0.2) is 0 Å². The second-order valence-corrected chi connectivity index (χ2v) is 5.17. The standard InChI is InChI=1S/C6H6AsO3/c8-7(9,10)6-4-2-1-3-5-6/h2-5H,(H2,8,9,10). The van der Waals surface area contributed by atoms with Gasteiger partial charge in [-0.3, -0.25) is 0 Å². The molecule has 53 valence electrons. The van der Waals surface area contributed by atoms with Gasteiger partial charge >= 0.3 is 60.8 Å². The van der Waals surface area contributed by atoms with E-state index in [0.29, 0.717) is 0 Å². The van der Waals surface area contributed by atoms with E-state index in [-0.39, 0.29) is 4.35 Å². The first kappa shape index (κ1) is 7.60. The summed E-state index contributed by atoms with van der Waals surface area (Å²) >= 11 is -4.62. The van der Waals surface area contributed by atoms with E-state index in [2.05, 4.69) is 6.07 Å². The summed E-state index contributed by atoms with van der Waals surface area (Å²) in [5, 5.41) is 0. The molecule has 10 heavy (non-hydrogen) atoms. The second kappa shape index (κ2) is 2.62. The van der Waals surface area contributed by atoms with Crippen molar-refractivity contribution in [2.75, 3.05) is 0 Å². The predicted octanol–water partition coefficient (Wildman–Crippen LogP) is -0.952. The number of hydrogen-bond acceptors (Lipinski definition) is 1. The molecule has 0 aliphatic rings. The SMILES string of the molecule is O=[As](O)(O)c1cc[c]cc1. The molecule has 1 rings (SSSR count). The van der Waals surface area contributed by atoms with Crippen molar-refractivity contribution < 1.29 is 11.9 Å². The quantitative estimate of drug-likeness (QED) is 0.576. The summed E-state index contributed by atoms with van der Waals surface area (Å²) < 4.78 is 28.0. The first-order valence-corrected chi connectivity index (χ1v) is 6.01. The first-order valence-electron chi connectivity index (χ1n) is 2.63. The average molecular weight is 201 g/mol. The van der Waals surface area contributed by atoms with Crippen LogP contribution in [0.1, 0.15) is 0 Å². The molecule has 3 nitrogen and oxygen atoms in total. The zero-order valence-electron chi connectivity index (χ0n) is 5.06. The van der Waals surface area contributed by atoms with Gasteiger partial charge in [0.2, 0.25) is 0 Å². The van der Waals surface area contributed by atoms with Crippen LogP contribution in [0.15, 0.2) is 24.3 Å². The molecule has 0 aliphatic heterocycles. The number of hydrogen-bond donors (Lipinski definition) is 2. The zero-order chi connectivity index (χ0) is 7.61. The van der Waals surface area contributed by atoms with E-state index < -0.39 is 14.2 Å². The molecule has 0 bridgehead atoms. The molecule has 1 aromatic rings. The first-order chi connectivity index (χ1) is 4.61. The Balaban J connectivity index is 3.09. The summed E-state index contributed by atoms with van der Waals surface area (Å²) in [6.45, 7) is 0. The van der Waals surface area contributed by atoms with E-state index in [9.17, 15) is 3.74 Å². The van der Waals surface area contributed by atoms with Gasteiger partial charge in [-0.15, -0.1) is 0 Å². The maximum absolute atomic E-state index is 10.6. The molecule has 2 N–H and O–H groups in total. The van der Waals surface area contributed by atoms with Crippen molar-refractivity contribution in [1.82, 2.24) is 0 Å². The Bertz CT molecular complexity index is 251. The molecule has 0 aliphatic carbocycles. The van der Waals surface area contributed by atoms with Crippen LogP contribution in [0.3, 0.4) is 0 Å². The van der Waals surface area contributed by atoms with E-state index >= 15 is 0 Å². The third-order valence-electron chi connectivity index (χ3n) is 1.04. The summed E-state index contributed by atoms with van der Waals surface area (Å²) in [6.07, 6.45) is 0. The van der Waals surface area contributed by atoms with Crippen LogP contribution in [0.2, 0.25) is 0 Å². The van der Waals surface area contributed by atoms with Gasteiger partial charge in [0.05, 0.1) is 0 Å². The van der Waals surface area contributed by atoms with Crippen molar-refractivity contribution in [2.24, 2.45) is 0 Å². The summed E-state index contributed by atoms with van der Waals surface area (Å²) in [4.78, 5) is 0. The molecule has 0 unspecified atom stereocenters. The Kier molecular flexibility index (Phi) is 1.99. The molecule has 1 aromatic carbocycles. The Labute approximate surface area is 61.3 Å². The maximum atomic E-state index is 10.6. The Morgan fingerprint density at radius 1 is 1.30 bits per heavy atom.